The van der Waals surface area contributed by atoms with Crippen molar-refractivity contribution in [3.05, 3.63) is 18.7 Å². The van der Waals surface area contributed by atoms with Gasteiger partial charge in [0.15, 0.2) is 0 Å². The van der Waals surface area contributed by atoms with Gasteiger partial charge in [0, 0.05) is 32.1 Å². The van der Waals surface area contributed by atoms with E-state index in [9.17, 15) is 0 Å². The Balaban J connectivity index is 1.52. The Hall–Kier alpha value is -0.870. The highest BCUT2D eigenvalue weighted by molar-refractivity contribution is 4.78. The third-order valence-electron chi connectivity index (χ3n) is 3.79. The van der Waals surface area contributed by atoms with Crippen LogP contribution in [0.4, 0.5) is 0 Å². The van der Waals surface area contributed by atoms with E-state index in [0.29, 0.717) is 12.1 Å². The van der Waals surface area contributed by atoms with Crippen molar-refractivity contribution in [2.45, 2.75) is 57.2 Å². The summed E-state index contributed by atoms with van der Waals surface area (Å²) in [4.78, 5) is 4.05. The van der Waals surface area contributed by atoms with Gasteiger partial charge in [-0.3, -0.25) is 0 Å². The van der Waals surface area contributed by atoms with Gasteiger partial charge in [-0.1, -0.05) is 0 Å². The highest BCUT2D eigenvalue weighted by Crippen LogP contribution is 2.20. The number of nitrogens with one attached hydrogen (secondary N) is 1. The summed E-state index contributed by atoms with van der Waals surface area (Å²) in [5.41, 5.74) is 0. The molecular weight excluding hydrogens is 226 g/mol. The molecule has 0 aromatic carbocycles. The van der Waals surface area contributed by atoms with Gasteiger partial charge < -0.3 is 14.6 Å². The van der Waals surface area contributed by atoms with E-state index in [1.54, 1.807) is 0 Å². The number of aryl methyl sites for hydroxylation is 1. The van der Waals surface area contributed by atoms with Crippen molar-refractivity contribution < 1.29 is 4.74 Å². The SMILES string of the molecule is COC1CCCC(NCCCCn2ccnc2)C1. The maximum atomic E-state index is 5.45. The Morgan fingerprint density at radius 1 is 1.39 bits per heavy atom. The second kappa shape index (κ2) is 7.54. The standard InChI is InChI=1S/C14H25N3O/c1-18-14-6-4-5-13(11-14)16-7-2-3-9-17-10-8-15-12-17/h8,10,12-14,16H,2-7,9,11H2,1H3. The van der Waals surface area contributed by atoms with Crippen LogP contribution in [0.15, 0.2) is 18.7 Å². The summed E-state index contributed by atoms with van der Waals surface area (Å²) in [5.74, 6) is 0. The molecule has 4 nitrogen and oxygen atoms in total. The van der Waals surface area contributed by atoms with Crippen LogP contribution in [0.25, 0.3) is 0 Å². The number of methoxy groups -OCH3 is 1. The smallest absolute Gasteiger partial charge is 0.0945 e. The maximum Gasteiger partial charge on any atom is 0.0945 e. The largest absolute Gasteiger partial charge is 0.381 e. The Morgan fingerprint density at radius 3 is 3.11 bits per heavy atom. The summed E-state index contributed by atoms with van der Waals surface area (Å²) in [7, 11) is 1.83. The van der Waals surface area contributed by atoms with Crippen LogP contribution in [-0.4, -0.2) is 35.4 Å². The summed E-state index contributed by atoms with van der Waals surface area (Å²) in [6.07, 6.45) is 13.7. The van der Waals surface area contributed by atoms with Crippen molar-refractivity contribution >= 4 is 0 Å². The molecule has 1 aliphatic carbocycles. The lowest BCUT2D eigenvalue weighted by atomic mass is 9.93. The second-order valence-electron chi connectivity index (χ2n) is 5.18. The molecule has 2 unspecified atom stereocenters. The molecule has 4 heteroatoms. The lowest BCUT2D eigenvalue weighted by Crippen LogP contribution is -2.37. The van der Waals surface area contributed by atoms with E-state index in [4.69, 9.17) is 4.74 Å². The van der Waals surface area contributed by atoms with Crippen molar-refractivity contribution in [3.8, 4) is 0 Å². The van der Waals surface area contributed by atoms with Gasteiger partial charge in [0.2, 0.25) is 0 Å². The van der Waals surface area contributed by atoms with Crippen LogP contribution in [0.1, 0.15) is 38.5 Å². The Bertz CT molecular complexity index is 313. The van der Waals surface area contributed by atoms with E-state index in [1.807, 2.05) is 25.8 Å². The van der Waals surface area contributed by atoms with Gasteiger partial charge in [-0.15, -0.1) is 0 Å². The van der Waals surface area contributed by atoms with Gasteiger partial charge in [-0.05, 0) is 45.1 Å². The fourth-order valence-corrected chi connectivity index (χ4v) is 2.69. The molecule has 1 saturated carbocycles. The molecule has 1 fully saturated rings. The van der Waals surface area contributed by atoms with Crippen LogP contribution in [-0.2, 0) is 11.3 Å². The summed E-state index contributed by atoms with van der Waals surface area (Å²) < 4.78 is 7.59. The van der Waals surface area contributed by atoms with Crippen molar-refractivity contribution in [1.29, 1.82) is 0 Å². The predicted octanol–water partition coefficient (Wildman–Crippen LogP) is 2.21. The Morgan fingerprint density at radius 2 is 2.33 bits per heavy atom. The van der Waals surface area contributed by atoms with Crippen LogP contribution < -0.4 is 5.32 Å². The first-order valence-corrected chi connectivity index (χ1v) is 7.10. The van der Waals surface area contributed by atoms with Crippen LogP contribution in [0.3, 0.4) is 0 Å². The topological polar surface area (TPSA) is 39.1 Å². The van der Waals surface area contributed by atoms with Gasteiger partial charge >= 0.3 is 0 Å². The number of unbranched alkanes of at least 4 members (excludes halogenated alkanes) is 1. The van der Waals surface area contributed by atoms with E-state index in [-0.39, 0.29) is 0 Å². The number of aromatic nitrogens is 2. The molecule has 1 aromatic rings. The minimum Gasteiger partial charge on any atom is -0.381 e. The lowest BCUT2D eigenvalue weighted by molar-refractivity contribution is 0.0589. The third-order valence-corrected chi connectivity index (χ3v) is 3.79. The molecule has 18 heavy (non-hydrogen) atoms. The molecule has 0 aliphatic heterocycles. The van der Waals surface area contributed by atoms with Crippen LogP contribution >= 0.6 is 0 Å². The first-order valence-electron chi connectivity index (χ1n) is 7.10. The number of imidazole rings is 1. The zero-order valence-electron chi connectivity index (χ0n) is 11.3. The average molecular weight is 251 g/mol. The highest BCUT2D eigenvalue weighted by Gasteiger charge is 2.20. The van der Waals surface area contributed by atoms with Gasteiger partial charge in [0.1, 0.15) is 0 Å². The molecule has 1 N–H and O–H groups in total. The minimum atomic E-state index is 0.474. The predicted molar refractivity (Wildman–Crippen MR) is 72.5 cm³/mol. The van der Waals surface area contributed by atoms with Crippen molar-refractivity contribution in [2.24, 2.45) is 0 Å². The number of nitrogens with zero attached hydrogens (tertiary/aromatic N) is 2. The molecule has 1 heterocycles. The van der Waals surface area contributed by atoms with E-state index in [1.165, 1.54) is 38.5 Å². The number of ether oxygens (including phenoxy) is 1. The molecule has 102 valence electrons. The number of hydrogen-bond acceptors (Lipinski definition) is 3. The van der Waals surface area contributed by atoms with E-state index in [0.717, 1.165) is 13.1 Å². The summed E-state index contributed by atoms with van der Waals surface area (Å²) in [5, 5.41) is 3.66. The van der Waals surface area contributed by atoms with E-state index in [2.05, 4.69) is 14.9 Å². The quantitative estimate of drug-likeness (QED) is 0.755. The van der Waals surface area contributed by atoms with E-state index >= 15 is 0 Å². The van der Waals surface area contributed by atoms with Gasteiger partial charge in [0.25, 0.3) is 0 Å². The monoisotopic (exact) mass is 251 g/mol. The molecule has 2 atom stereocenters. The van der Waals surface area contributed by atoms with Gasteiger partial charge in [-0.2, -0.15) is 0 Å². The Labute approximate surface area is 110 Å². The summed E-state index contributed by atoms with van der Waals surface area (Å²) in [6.45, 7) is 2.20. The van der Waals surface area contributed by atoms with Crippen LogP contribution in [0.2, 0.25) is 0 Å². The fraction of sp³-hybridized carbons (Fsp3) is 0.786. The zero-order valence-corrected chi connectivity index (χ0v) is 11.3. The van der Waals surface area contributed by atoms with Gasteiger partial charge in [0.05, 0.1) is 12.4 Å². The second-order valence-corrected chi connectivity index (χ2v) is 5.18. The third kappa shape index (κ3) is 4.42. The molecule has 1 aromatic heterocycles. The highest BCUT2D eigenvalue weighted by atomic mass is 16.5. The van der Waals surface area contributed by atoms with Crippen molar-refractivity contribution in [2.75, 3.05) is 13.7 Å². The number of hydrogen-bond donors (Lipinski definition) is 1. The molecular formula is C14H25N3O. The first-order chi connectivity index (χ1) is 8.88. The maximum absolute atomic E-state index is 5.45. The lowest BCUT2D eigenvalue weighted by Gasteiger charge is -2.28. The van der Waals surface area contributed by atoms with Gasteiger partial charge in [-0.25, -0.2) is 4.98 Å². The number of rotatable bonds is 7. The van der Waals surface area contributed by atoms with Crippen molar-refractivity contribution in [1.82, 2.24) is 14.9 Å². The molecule has 1 aliphatic rings. The minimum absolute atomic E-state index is 0.474. The molecule has 0 bridgehead atoms. The van der Waals surface area contributed by atoms with E-state index < -0.39 is 0 Å². The molecule has 2 rings (SSSR count). The average Bonchev–Trinajstić information content (AvgIpc) is 2.92. The Kier molecular flexibility index (Phi) is 5.68. The first kappa shape index (κ1) is 13.6. The normalized spacial score (nSPS) is 24.3. The fourth-order valence-electron chi connectivity index (χ4n) is 2.69. The molecule has 0 saturated heterocycles. The molecule has 0 spiro atoms. The summed E-state index contributed by atoms with van der Waals surface area (Å²) >= 11 is 0. The van der Waals surface area contributed by atoms with Crippen LogP contribution in [0, 0.1) is 0 Å². The summed E-state index contributed by atoms with van der Waals surface area (Å²) in [6, 6.07) is 0.664. The van der Waals surface area contributed by atoms with Crippen LogP contribution in [0.5, 0.6) is 0 Å². The van der Waals surface area contributed by atoms with Crippen molar-refractivity contribution in [3.63, 3.8) is 0 Å². The molecule has 0 amide bonds. The zero-order chi connectivity index (χ0) is 12.6. The molecule has 0 radical (unpaired) electrons.